The topological polar surface area (TPSA) is 0 Å². The van der Waals surface area contributed by atoms with Gasteiger partial charge in [0.25, 0.3) is 0 Å². The number of benzene rings is 1. The molecule has 0 nitrogen and oxygen atoms in total. The molecule has 0 aromatic heterocycles. The average molecular weight is 371 g/mol. The molecule has 0 amide bonds. The van der Waals surface area contributed by atoms with Crippen molar-refractivity contribution in [1.82, 2.24) is 0 Å². The summed E-state index contributed by atoms with van der Waals surface area (Å²) in [6.07, 6.45) is 24.0. The molecule has 3 saturated carbocycles. The van der Waals surface area contributed by atoms with Gasteiger partial charge in [-0.25, -0.2) is 0 Å². The Morgan fingerprint density at radius 2 is 0.962 bits per heavy atom. The zero-order chi connectivity index (χ0) is 17.8. The van der Waals surface area contributed by atoms with Gasteiger partial charge in [-0.1, -0.05) is 69.9 Å². The highest BCUT2D eigenvalue weighted by Crippen LogP contribution is 2.46. The highest BCUT2D eigenvalue weighted by Gasteiger charge is 2.27. The lowest BCUT2D eigenvalue weighted by molar-refractivity contribution is 0.421. The number of rotatable bonds is 4. The average Bonchev–Trinajstić information content (AvgIpc) is 2.74. The highest BCUT2D eigenvalue weighted by molar-refractivity contribution is 7.98. The fourth-order valence-electron chi connectivity index (χ4n) is 6.04. The predicted molar refractivity (Wildman–Crippen MR) is 116 cm³/mol. The molecular formula is C25H38S. The molecule has 1 heteroatoms. The van der Waals surface area contributed by atoms with Gasteiger partial charge >= 0.3 is 0 Å². The minimum Gasteiger partial charge on any atom is -0.129 e. The van der Waals surface area contributed by atoms with E-state index >= 15 is 0 Å². The standard InChI is InChI=1S/C25H38S/c1-26-25-23(20-13-7-3-8-14-20)17-22(19-11-5-2-6-12-19)18-24(25)21-15-9-4-10-16-21/h17-21H,2-16H2,1H3. The molecular weight excluding hydrogens is 332 g/mol. The molecule has 0 aliphatic heterocycles. The van der Waals surface area contributed by atoms with Crippen LogP contribution < -0.4 is 0 Å². The molecule has 0 spiro atoms. The van der Waals surface area contributed by atoms with E-state index in [0.717, 1.165) is 17.8 Å². The molecule has 1 aromatic carbocycles. The first-order valence-corrected chi connectivity index (χ1v) is 12.8. The summed E-state index contributed by atoms with van der Waals surface area (Å²) in [5, 5.41) is 0. The van der Waals surface area contributed by atoms with Crippen molar-refractivity contribution in [2.24, 2.45) is 0 Å². The van der Waals surface area contributed by atoms with Crippen LogP contribution in [0, 0.1) is 0 Å². The molecule has 3 aliphatic rings. The minimum absolute atomic E-state index is 0.845. The van der Waals surface area contributed by atoms with Crippen LogP contribution in [0.3, 0.4) is 0 Å². The fraction of sp³-hybridized carbons (Fsp3) is 0.760. The molecule has 0 N–H and O–H groups in total. The first-order chi connectivity index (χ1) is 12.9. The van der Waals surface area contributed by atoms with Gasteiger partial charge in [-0.2, -0.15) is 0 Å². The van der Waals surface area contributed by atoms with Crippen molar-refractivity contribution < 1.29 is 0 Å². The van der Waals surface area contributed by atoms with E-state index in [2.05, 4.69) is 30.2 Å². The lowest BCUT2D eigenvalue weighted by Gasteiger charge is -2.32. The zero-order valence-corrected chi connectivity index (χ0v) is 17.7. The van der Waals surface area contributed by atoms with Crippen LogP contribution in [0.1, 0.15) is 131 Å². The summed E-state index contributed by atoms with van der Waals surface area (Å²) in [4.78, 5) is 1.70. The minimum atomic E-state index is 0.845. The summed E-state index contributed by atoms with van der Waals surface area (Å²) >= 11 is 2.06. The Hall–Kier alpha value is -0.430. The SMILES string of the molecule is CSc1c(C2CCCCC2)cc(C2CCCCC2)cc1C1CCCCC1. The Morgan fingerprint density at radius 3 is 1.35 bits per heavy atom. The molecule has 0 unspecified atom stereocenters. The van der Waals surface area contributed by atoms with Crippen molar-refractivity contribution >= 4 is 11.8 Å². The lowest BCUT2D eigenvalue weighted by atomic mass is 9.76. The lowest BCUT2D eigenvalue weighted by Crippen LogP contribution is -2.13. The van der Waals surface area contributed by atoms with E-state index in [4.69, 9.17) is 0 Å². The van der Waals surface area contributed by atoms with Crippen LogP contribution in [0.4, 0.5) is 0 Å². The molecule has 0 bridgehead atoms. The van der Waals surface area contributed by atoms with Crippen LogP contribution in [-0.4, -0.2) is 6.26 Å². The maximum atomic E-state index is 2.70. The van der Waals surface area contributed by atoms with Crippen molar-refractivity contribution in [1.29, 1.82) is 0 Å². The van der Waals surface area contributed by atoms with Crippen LogP contribution in [-0.2, 0) is 0 Å². The predicted octanol–water partition coefficient (Wildman–Crippen LogP) is 8.55. The smallest absolute Gasteiger partial charge is 0.0139 e. The first-order valence-electron chi connectivity index (χ1n) is 11.6. The van der Waals surface area contributed by atoms with Crippen molar-refractivity contribution in [2.75, 3.05) is 6.26 Å². The number of hydrogen-bond donors (Lipinski definition) is 0. The summed E-state index contributed by atoms with van der Waals surface area (Å²) in [5.41, 5.74) is 5.25. The second-order valence-electron chi connectivity index (χ2n) is 9.24. The van der Waals surface area contributed by atoms with Crippen LogP contribution >= 0.6 is 11.8 Å². The molecule has 0 atom stereocenters. The van der Waals surface area contributed by atoms with Gasteiger partial charge in [0.05, 0.1) is 0 Å². The second-order valence-corrected chi connectivity index (χ2v) is 10.1. The maximum Gasteiger partial charge on any atom is 0.0139 e. The molecule has 26 heavy (non-hydrogen) atoms. The van der Waals surface area contributed by atoms with E-state index < -0.39 is 0 Å². The van der Waals surface area contributed by atoms with Crippen LogP contribution in [0.2, 0.25) is 0 Å². The molecule has 3 aliphatic carbocycles. The first kappa shape index (κ1) is 18.9. The van der Waals surface area contributed by atoms with Crippen molar-refractivity contribution in [3.8, 4) is 0 Å². The van der Waals surface area contributed by atoms with Gasteiger partial charge in [0.15, 0.2) is 0 Å². The molecule has 1 aromatic rings. The fourth-order valence-corrected chi connectivity index (χ4v) is 6.96. The van der Waals surface area contributed by atoms with E-state index in [1.807, 2.05) is 0 Å². The molecule has 0 saturated heterocycles. The molecule has 0 heterocycles. The summed E-state index contributed by atoms with van der Waals surface area (Å²) in [6.45, 7) is 0. The molecule has 144 valence electrons. The van der Waals surface area contributed by atoms with Gasteiger partial charge in [-0.05, 0) is 79.2 Å². The second kappa shape index (κ2) is 9.18. The Labute approximate surface area is 165 Å². The van der Waals surface area contributed by atoms with Gasteiger partial charge in [-0.15, -0.1) is 11.8 Å². The van der Waals surface area contributed by atoms with Gasteiger partial charge < -0.3 is 0 Å². The third-order valence-electron chi connectivity index (χ3n) is 7.54. The Kier molecular flexibility index (Phi) is 6.67. The summed E-state index contributed by atoms with van der Waals surface area (Å²) in [7, 11) is 0. The van der Waals surface area contributed by atoms with E-state index in [-0.39, 0.29) is 0 Å². The van der Waals surface area contributed by atoms with Gasteiger partial charge in [0.2, 0.25) is 0 Å². The van der Waals surface area contributed by atoms with E-state index in [0.29, 0.717) is 0 Å². The van der Waals surface area contributed by atoms with E-state index in [1.54, 1.807) is 21.6 Å². The quantitative estimate of drug-likeness (QED) is 0.478. The molecule has 3 fully saturated rings. The molecule has 4 rings (SSSR count). The Bertz CT molecular complexity index is 533. The van der Waals surface area contributed by atoms with Gasteiger partial charge in [-0.3, -0.25) is 0 Å². The van der Waals surface area contributed by atoms with Crippen LogP contribution in [0.5, 0.6) is 0 Å². The van der Waals surface area contributed by atoms with E-state index in [1.165, 1.54) is 96.3 Å². The zero-order valence-electron chi connectivity index (χ0n) is 16.9. The Morgan fingerprint density at radius 1 is 0.577 bits per heavy atom. The summed E-state index contributed by atoms with van der Waals surface area (Å²) in [5.74, 6) is 2.54. The van der Waals surface area contributed by atoms with Crippen molar-refractivity contribution in [3.63, 3.8) is 0 Å². The monoisotopic (exact) mass is 370 g/mol. The van der Waals surface area contributed by atoms with E-state index in [9.17, 15) is 0 Å². The molecule has 0 radical (unpaired) electrons. The third-order valence-corrected chi connectivity index (χ3v) is 8.42. The van der Waals surface area contributed by atoms with Gasteiger partial charge in [0, 0.05) is 4.90 Å². The third kappa shape index (κ3) is 4.18. The van der Waals surface area contributed by atoms with Crippen molar-refractivity contribution in [3.05, 3.63) is 28.8 Å². The Balaban J connectivity index is 1.73. The largest absolute Gasteiger partial charge is 0.129 e. The van der Waals surface area contributed by atoms with Gasteiger partial charge in [0.1, 0.15) is 0 Å². The van der Waals surface area contributed by atoms with Crippen molar-refractivity contribution in [2.45, 2.75) is 119 Å². The maximum absolute atomic E-state index is 2.70. The number of thioether (sulfide) groups is 1. The normalized spacial score (nSPS) is 24.0. The van der Waals surface area contributed by atoms with Crippen LogP contribution in [0.25, 0.3) is 0 Å². The summed E-state index contributed by atoms with van der Waals surface area (Å²) in [6, 6.07) is 5.40. The summed E-state index contributed by atoms with van der Waals surface area (Å²) < 4.78 is 0. The van der Waals surface area contributed by atoms with Crippen LogP contribution in [0.15, 0.2) is 17.0 Å². The number of hydrogen-bond acceptors (Lipinski definition) is 1. The highest BCUT2D eigenvalue weighted by atomic mass is 32.2.